The summed E-state index contributed by atoms with van der Waals surface area (Å²) in [7, 11) is 0. The molecular formula is C23H25N3O. The highest BCUT2D eigenvalue weighted by Crippen LogP contribution is 2.42. The zero-order chi connectivity index (χ0) is 18.4. The van der Waals surface area contributed by atoms with Crippen LogP contribution >= 0.6 is 0 Å². The highest BCUT2D eigenvalue weighted by Gasteiger charge is 2.43. The fourth-order valence-corrected chi connectivity index (χ4v) is 4.98. The Morgan fingerprint density at radius 3 is 2.78 bits per heavy atom. The monoisotopic (exact) mass is 359 g/mol. The molecule has 3 heterocycles. The molecule has 2 aromatic carbocycles. The topological polar surface area (TPSA) is 39.3 Å². The van der Waals surface area contributed by atoms with Gasteiger partial charge in [-0.2, -0.15) is 0 Å². The van der Waals surface area contributed by atoms with Crippen molar-refractivity contribution in [3.63, 3.8) is 0 Å². The van der Waals surface area contributed by atoms with Crippen LogP contribution in [0.4, 0.5) is 5.69 Å². The quantitative estimate of drug-likeness (QED) is 0.752. The Bertz CT molecular complexity index is 975. The standard InChI is InChI=1S/C23H25N3O/c1-17(27)26-16-23(13-19-7-3-5-9-22(19)26)10-11-25(15-23)14-20-12-18-6-2-4-8-21(18)24-20/h2-9,12,24H,10-11,13-16H2,1H3. The van der Waals surface area contributed by atoms with Gasteiger partial charge in [-0.25, -0.2) is 0 Å². The number of benzene rings is 2. The molecule has 1 aromatic heterocycles. The van der Waals surface area contributed by atoms with Crippen molar-refractivity contribution in [1.82, 2.24) is 9.88 Å². The van der Waals surface area contributed by atoms with Crippen molar-refractivity contribution in [1.29, 1.82) is 0 Å². The summed E-state index contributed by atoms with van der Waals surface area (Å²) in [5.74, 6) is 0.149. The van der Waals surface area contributed by atoms with Gasteiger partial charge in [-0.3, -0.25) is 9.69 Å². The minimum absolute atomic E-state index is 0.149. The Morgan fingerprint density at radius 1 is 1.11 bits per heavy atom. The van der Waals surface area contributed by atoms with Gasteiger partial charge in [0, 0.05) is 48.9 Å². The van der Waals surface area contributed by atoms with Crippen molar-refractivity contribution in [2.45, 2.75) is 26.3 Å². The number of hydrogen-bond acceptors (Lipinski definition) is 2. The molecule has 27 heavy (non-hydrogen) atoms. The van der Waals surface area contributed by atoms with Gasteiger partial charge in [0.25, 0.3) is 0 Å². The first-order chi connectivity index (χ1) is 13.1. The van der Waals surface area contributed by atoms with E-state index < -0.39 is 0 Å². The third-order valence-corrected chi connectivity index (χ3v) is 6.22. The number of carbonyl (C=O) groups is 1. The van der Waals surface area contributed by atoms with Gasteiger partial charge in [0.1, 0.15) is 0 Å². The summed E-state index contributed by atoms with van der Waals surface area (Å²) in [6.07, 6.45) is 2.21. The molecule has 5 rings (SSSR count). The molecule has 1 saturated heterocycles. The van der Waals surface area contributed by atoms with Gasteiger partial charge in [0.15, 0.2) is 0 Å². The van der Waals surface area contributed by atoms with Crippen molar-refractivity contribution in [2.75, 3.05) is 24.5 Å². The van der Waals surface area contributed by atoms with E-state index >= 15 is 0 Å². The van der Waals surface area contributed by atoms with Gasteiger partial charge in [-0.1, -0.05) is 36.4 Å². The number of rotatable bonds is 2. The van der Waals surface area contributed by atoms with E-state index in [9.17, 15) is 4.79 Å². The van der Waals surface area contributed by atoms with Crippen molar-refractivity contribution >= 4 is 22.5 Å². The van der Waals surface area contributed by atoms with Crippen LogP contribution in [-0.2, 0) is 17.8 Å². The lowest BCUT2D eigenvalue weighted by Crippen LogP contribution is -2.47. The molecule has 0 aliphatic carbocycles. The van der Waals surface area contributed by atoms with Gasteiger partial charge in [0.05, 0.1) is 0 Å². The largest absolute Gasteiger partial charge is 0.357 e. The molecule has 1 spiro atoms. The number of anilines is 1. The highest BCUT2D eigenvalue weighted by atomic mass is 16.2. The molecule has 1 atom stereocenters. The van der Waals surface area contributed by atoms with E-state index in [1.165, 1.54) is 22.2 Å². The van der Waals surface area contributed by atoms with Crippen LogP contribution in [0.5, 0.6) is 0 Å². The van der Waals surface area contributed by atoms with E-state index in [2.05, 4.69) is 58.4 Å². The number of amides is 1. The Morgan fingerprint density at radius 2 is 1.93 bits per heavy atom. The number of hydrogen-bond donors (Lipinski definition) is 1. The third kappa shape index (κ3) is 2.94. The number of carbonyl (C=O) groups excluding carboxylic acids is 1. The van der Waals surface area contributed by atoms with Crippen LogP contribution in [0.25, 0.3) is 10.9 Å². The van der Waals surface area contributed by atoms with Gasteiger partial charge in [-0.15, -0.1) is 0 Å². The Balaban J connectivity index is 1.37. The second-order valence-corrected chi connectivity index (χ2v) is 8.25. The number of aromatic amines is 1. The molecule has 138 valence electrons. The zero-order valence-electron chi connectivity index (χ0n) is 15.7. The van der Waals surface area contributed by atoms with Gasteiger partial charge in [0.2, 0.25) is 5.91 Å². The van der Waals surface area contributed by atoms with Gasteiger partial charge < -0.3 is 9.88 Å². The van der Waals surface area contributed by atoms with Crippen LogP contribution in [0.1, 0.15) is 24.6 Å². The van der Waals surface area contributed by atoms with Crippen molar-refractivity contribution in [2.24, 2.45) is 5.41 Å². The Kier molecular flexibility index (Phi) is 3.83. The minimum Gasteiger partial charge on any atom is -0.357 e. The van der Waals surface area contributed by atoms with E-state index in [4.69, 9.17) is 0 Å². The molecule has 0 bridgehead atoms. The van der Waals surface area contributed by atoms with Crippen LogP contribution in [0.3, 0.4) is 0 Å². The third-order valence-electron chi connectivity index (χ3n) is 6.22. The number of nitrogens with one attached hydrogen (secondary N) is 1. The second-order valence-electron chi connectivity index (χ2n) is 8.25. The predicted octanol–water partition coefficient (Wildman–Crippen LogP) is 3.97. The molecule has 1 unspecified atom stereocenters. The summed E-state index contributed by atoms with van der Waals surface area (Å²) in [4.78, 5) is 20.4. The molecule has 2 aliphatic heterocycles. The number of H-pyrrole nitrogens is 1. The van der Waals surface area contributed by atoms with E-state index in [0.29, 0.717) is 0 Å². The Labute approximate surface area is 159 Å². The summed E-state index contributed by atoms with van der Waals surface area (Å²) in [6.45, 7) is 5.59. The average molecular weight is 359 g/mol. The van der Waals surface area contributed by atoms with E-state index in [1.807, 2.05) is 11.0 Å². The maximum absolute atomic E-state index is 12.3. The first-order valence-corrected chi connectivity index (χ1v) is 9.77. The summed E-state index contributed by atoms with van der Waals surface area (Å²) < 4.78 is 0. The fourth-order valence-electron chi connectivity index (χ4n) is 4.98. The summed E-state index contributed by atoms with van der Waals surface area (Å²) in [5, 5.41) is 1.27. The van der Waals surface area contributed by atoms with Crippen molar-refractivity contribution < 1.29 is 4.79 Å². The summed E-state index contributed by atoms with van der Waals surface area (Å²) in [6, 6.07) is 19.1. The normalized spacial score (nSPS) is 22.5. The van der Waals surface area contributed by atoms with E-state index in [0.717, 1.165) is 44.7 Å². The number of para-hydroxylation sites is 2. The number of aromatic nitrogens is 1. The number of nitrogens with zero attached hydrogens (tertiary/aromatic N) is 2. The molecule has 4 heteroatoms. The lowest BCUT2D eigenvalue weighted by Gasteiger charge is -2.41. The van der Waals surface area contributed by atoms with Crippen LogP contribution in [0.2, 0.25) is 0 Å². The summed E-state index contributed by atoms with van der Waals surface area (Å²) >= 11 is 0. The second kappa shape index (κ2) is 6.24. The molecule has 0 radical (unpaired) electrons. The smallest absolute Gasteiger partial charge is 0.223 e. The van der Waals surface area contributed by atoms with E-state index in [1.54, 1.807) is 6.92 Å². The molecule has 4 nitrogen and oxygen atoms in total. The minimum atomic E-state index is 0.149. The van der Waals surface area contributed by atoms with Crippen LogP contribution < -0.4 is 4.90 Å². The average Bonchev–Trinajstić information content (AvgIpc) is 3.24. The molecule has 1 N–H and O–H groups in total. The molecule has 0 saturated carbocycles. The lowest BCUT2D eigenvalue weighted by molar-refractivity contribution is -0.117. The first-order valence-electron chi connectivity index (χ1n) is 9.77. The van der Waals surface area contributed by atoms with Gasteiger partial charge in [-0.05, 0) is 48.5 Å². The van der Waals surface area contributed by atoms with Crippen LogP contribution in [0.15, 0.2) is 54.6 Å². The Hall–Kier alpha value is -2.59. The summed E-state index contributed by atoms with van der Waals surface area (Å²) in [5.41, 5.74) is 5.06. The first kappa shape index (κ1) is 16.6. The zero-order valence-corrected chi connectivity index (χ0v) is 15.7. The molecule has 2 aliphatic rings. The molecule has 3 aromatic rings. The van der Waals surface area contributed by atoms with E-state index in [-0.39, 0.29) is 11.3 Å². The maximum Gasteiger partial charge on any atom is 0.223 e. The van der Waals surface area contributed by atoms with Gasteiger partial charge >= 0.3 is 0 Å². The maximum atomic E-state index is 12.3. The molecular weight excluding hydrogens is 334 g/mol. The highest BCUT2D eigenvalue weighted by molar-refractivity contribution is 5.93. The van der Waals surface area contributed by atoms with Crippen molar-refractivity contribution in [3.05, 3.63) is 65.9 Å². The predicted molar refractivity (Wildman–Crippen MR) is 109 cm³/mol. The number of fused-ring (bicyclic) bond motifs is 2. The molecule has 1 amide bonds. The van der Waals surface area contributed by atoms with Crippen LogP contribution in [0, 0.1) is 5.41 Å². The SMILES string of the molecule is CC(=O)N1CC2(CCN(Cc3cc4ccccc4[nH]3)C2)Cc2ccccc21. The molecule has 1 fully saturated rings. The van der Waals surface area contributed by atoms with Crippen LogP contribution in [-0.4, -0.2) is 35.4 Å². The number of likely N-dealkylation sites (tertiary alicyclic amines) is 1. The lowest BCUT2D eigenvalue weighted by atomic mass is 9.77. The fraction of sp³-hybridized carbons (Fsp3) is 0.348. The van der Waals surface area contributed by atoms with Crippen molar-refractivity contribution in [3.8, 4) is 0 Å².